The Hall–Kier alpha value is -2.45. The SMILES string of the molecule is CCOC(=O)c1c(Br)cncc1Oc1c(C)ccc2c1cnn2C1CCCCO1. The van der Waals surface area contributed by atoms with Crippen molar-refractivity contribution in [3.05, 3.63) is 46.3 Å². The van der Waals surface area contributed by atoms with Gasteiger partial charge in [-0.3, -0.25) is 4.98 Å². The summed E-state index contributed by atoms with van der Waals surface area (Å²) < 4.78 is 19.7. The second-order valence-electron chi connectivity index (χ2n) is 6.87. The van der Waals surface area contributed by atoms with Crippen molar-refractivity contribution in [1.29, 1.82) is 0 Å². The van der Waals surface area contributed by atoms with Crippen LogP contribution in [0.1, 0.15) is 48.3 Å². The van der Waals surface area contributed by atoms with Crippen LogP contribution in [0.5, 0.6) is 11.5 Å². The third-order valence-corrected chi connectivity index (χ3v) is 5.51. The van der Waals surface area contributed by atoms with Crippen LogP contribution in [0, 0.1) is 6.92 Å². The van der Waals surface area contributed by atoms with Crippen LogP contribution in [0.3, 0.4) is 0 Å². The number of hydrogen-bond donors (Lipinski definition) is 0. The maximum atomic E-state index is 12.4. The number of halogens is 1. The highest BCUT2D eigenvalue weighted by Gasteiger charge is 2.23. The summed E-state index contributed by atoms with van der Waals surface area (Å²) in [5, 5.41) is 5.42. The fourth-order valence-electron chi connectivity index (χ4n) is 3.49. The van der Waals surface area contributed by atoms with Crippen molar-refractivity contribution >= 4 is 32.8 Å². The number of rotatable bonds is 5. The molecule has 1 fully saturated rings. The molecule has 152 valence electrons. The zero-order valence-corrected chi connectivity index (χ0v) is 17.9. The van der Waals surface area contributed by atoms with E-state index in [1.807, 2.05) is 23.7 Å². The molecule has 29 heavy (non-hydrogen) atoms. The van der Waals surface area contributed by atoms with Crippen molar-refractivity contribution in [2.45, 2.75) is 39.3 Å². The standard InChI is InChI=1S/C21H22BrN3O4/c1-3-27-21(26)19-15(22)11-23-12-17(19)29-20-13(2)7-8-16-14(20)10-24-25(16)18-6-4-5-9-28-18/h7-8,10-12,18H,3-6,9H2,1-2H3. The van der Waals surface area contributed by atoms with Crippen molar-refractivity contribution < 1.29 is 19.0 Å². The summed E-state index contributed by atoms with van der Waals surface area (Å²) >= 11 is 3.38. The van der Waals surface area contributed by atoms with Gasteiger partial charge in [-0.2, -0.15) is 5.10 Å². The first kappa shape index (κ1) is 19.8. The van der Waals surface area contributed by atoms with Gasteiger partial charge in [0.2, 0.25) is 0 Å². The first-order valence-corrected chi connectivity index (χ1v) is 10.5. The van der Waals surface area contributed by atoms with Gasteiger partial charge in [0.1, 0.15) is 11.3 Å². The van der Waals surface area contributed by atoms with Crippen molar-refractivity contribution in [2.75, 3.05) is 13.2 Å². The molecular formula is C21H22BrN3O4. The van der Waals surface area contributed by atoms with Gasteiger partial charge < -0.3 is 14.2 Å². The fraction of sp³-hybridized carbons (Fsp3) is 0.381. The number of esters is 1. The van der Waals surface area contributed by atoms with Crippen LogP contribution in [-0.4, -0.2) is 33.9 Å². The Labute approximate surface area is 177 Å². The van der Waals surface area contributed by atoms with Gasteiger partial charge >= 0.3 is 5.97 Å². The van der Waals surface area contributed by atoms with E-state index in [1.54, 1.807) is 19.3 Å². The topological polar surface area (TPSA) is 75.5 Å². The maximum Gasteiger partial charge on any atom is 0.343 e. The van der Waals surface area contributed by atoms with Crippen molar-refractivity contribution in [2.24, 2.45) is 0 Å². The Morgan fingerprint density at radius 2 is 2.17 bits per heavy atom. The molecule has 1 aromatic carbocycles. The molecule has 7 nitrogen and oxygen atoms in total. The van der Waals surface area contributed by atoms with Crippen LogP contribution in [0.2, 0.25) is 0 Å². The number of pyridine rings is 1. The van der Waals surface area contributed by atoms with Gasteiger partial charge in [0.15, 0.2) is 12.0 Å². The molecule has 0 spiro atoms. The highest BCUT2D eigenvalue weighted by Crippen LogP contribution is 2.37. The van der Waals surface area contributed by atoms with E-state index in [0.29, 0.717) is 21.5 Å². The van der Waals surface area contributed by atoms with E-state index in [2.05, 4.69) is 26.0 Å². The van der Waals surface area contributed by atoms with E-state index in [1.165, 1.54) is 6.20 Å². The Bertz CT molecular complexity index is 1040. The summed E-state index contributed by atoms with van der Waals surface area (Å²) in [6.07, 6.45) is 7.91. The van der Waals surface area contributed by atoms with Crippen LogP contribution >= 0.6 is 15.9 Å². The van der Waals surface area contributed by atoms with Gasteiger partial charge in [-0.1, -0.05) is 6.07 Å². The molecule has 0 saturated carbocycles. The predicted molar refractivity (Wildman–Crippen MR) is 111 cm³/mol. The minimum absolute atomic E-state index is 0.0700. The van der Waals surface area contributed by atoms with E-state index in [4.69, 9.17) is 14.2 Å². The highest BCUT2D eigenvalue weighted by molar-refractivity contribution is 9.10. The second-order valence-corrected chi connectivity index (χ2v) is 7.73. The van der Waals surface area contributed by atoms with Gasteiger partial charge in [0.25, 0.3) is 0 Å². The molecule has 1 atom stereocenters. The molecule has 0 amide bonds. The molecule has 3 aromatic rings. The molecule has 1 saturated heterocycles. The summed E-state index contributed by atoms with van der Waals surface area (Å²) in [5.74, 6) is 0.498. The Morgan fingerprint density at radius 3 is 2.93 bits per heavy atom. The van der Waals surface area contributed by atoms with Gasteiger partial charge in [0.05, 0.1) is 34.4 Å². The molecule has 0 radical (unpaired) electrons. The predicted octanol–water partition coefficient (Wildman–Crippen LogP) is 5.17. The number of ether oxygens (including phenoxy) is 3. The molecule has 3 heterocycles. The Balaban J connectivity index is 1.76. The van der Waals surface area contributed by atoms with E-state index in [0.717, 1.165) is 42.3 Å². The number of carbonyl (C=O) groups is 1. The molecule has 1 aliphatic rings. The van der Waals surface area contributed by atoms with E-state index in [-0.39, 0.29) is 12.8 Å². The van der Waals surface area contributed by atoms with Crippen molar-refractivity contribution in [3.63, 3.8) is 0 Å². The van der Waals surface area contributed by atoms with Crippen molar-refractivity contribution in [1.82, 2.24) is 14.8 Å². The lowest BCUT2D eigenvalue weighted by Gasteiger charge is -2.23. The average molecular weight is 460 g/mol. The normalized spacial score (nSPS) is 16.7. The molecule has 4 rings (SSSR count). The van der Waals surface area contributed by atoms with Gasteiger partial charge in [-0.05, 0) is 60.7 Å². The summed E-state index contributed by atoms with van der Waals surface area (Å²) in [6.45, 7) is 4.74. The number of hydrogen-bond acceptors (Lipinski definition) is 6. The number of fused-ring (bicyclic) bond motifs is 1. The smallest absolute Gasteiger partial charge is 0.343 e. The van der Waals surface area contributed by atoms with Gasteiger partial charge in [0, 0.05) is 12.8 Å². The van der Waals surface area contributed by atoms with Crippen LogP contribution in [0.25, 0.3) is 10.9 Å². The first-order chi connectivity index (χ1) is 14.1. The number of benzene rings is 1. The number of aromatic nitrogens is 3. The molecular weight excluding hydrogens is 438 g/mol. The van der Waals surface area contributed by atoms with E-state index in [9.17, 15) is 4.79 Å². The molecule has 2 aromatic heterocycles. The summed E-state index contributed by atoms with van der Waals surface area (Å²) in [4.78, 5) is 16.6. The quantitative estimate of drug-likeness (QED) is 0.489. The minimum Gasteiger partial charge on any atom is -0.462 e. The average Bonchev–Trinajstić information content (AvgIpc) is 3.15. The number of aryl methyl sites for hydroxylation is 1. The summed E-state index contributed by atoms with van der Waals surface area (Å²) in [7, 11) is 0. The second kappa shape index (κ2) is 8.51. The maximum absolute atomic E-state index is 12.4. The molecule has 0 N–H and O–H groups in total. The fourth-order valence-corrected chi connectivity index (χ4v) is 3.97. The largest absolute Gasteiger partial charge is 0.462 e. The molecule has 8 heteroatoms. The first-order valence-electron chi connectivity index (χ1n) is 9.67. The van der Waals surface area contributed by atoms with Crippen LogP contribution in [0.4, 0.5) is 0 Å². The number of carbonyl (C=O) groups excluding carboxylic acids is 1. The third-order valence-electron chi connectivity index (χ3n) is 4.91. The van der Waals surface area contributed by atoms with Crippen molar-refractivity contribution in [3.8, 4) is 11.5 Å². The summed E-state index contributed by atoms with van der Waals surface area (Å²) in [6, 6.07) is 4.00. The van der Waals surface area contributed by atoms with Crippen LogP contribution < -0.4 is 4.74 Å². The Morgan fingerprint density at radius 1 is 1.31 bits per heavy atom. The zero-order valence-electron chi connectivity index (χ0n) is 16.4. The zero-order chi connectivity index (χ0) is 20.4. The van der Waals surface area contributed by atoms with Crippen LogP contribution in [0.15, 0.2) is 35.2 Å². The Kier molecular flexibility index (Phi) is 5.82. The van der Waals surface area contributed by atoms with Gasteiger partial charge in [-0.15, -0.1) is 0 Å². The monoisotopic (exact) mass is 459 g/mol. The lowest BCUT2D eigenvalue weighted by atomic mass is 10.1. The van der Waals surface area contributed by atoms with E-state index < -0.39 is 5.97 Å². The minimum atomic E-state index is -0.465. The number of nitrogens with zero attached hydrogens (tertiary/aromatic N) is 3. The molecule has 0 aliphatic carbocycles. The van der Waals surface area contributed by atoms with E-state index >= 15 is 0 Å². The van der Waals surface area contributed by atoms with Crippen LogP contribution in [-0.2, 0) is 9.47 Å². The lowest BCUT2D eigenvalue weighted by molar-refractivity contribution is -0.0366. The van der Waals surface area contributed by atoms with Gasteiger partial charge in [-0.25, -0.2) is 9.48 Å². The molecule has 1 aliphatic heterocycles. The highest BCUT2D eigenvalue weighted by atomic mass is 79.9. The molecule has 1 unspecified atom stereocenters. The molecule has 0 bridgehead atoms. The lowest BCUT2D eigenvalue weighted by Crippen LogP contribution is -2.18. The summed E-state index contributed by atoms with van der Waals surface area (Å²) in [5.41, 5.74) is 2.16. The third kappa shape index (κ3) is 3.86.